The zero-order valence-corrected chi connectivity index (χ0v) is 16.8. The number of nitrogens with zero attached hydrogens (tertiary/aromatic N) is 2. The minimum Gasteiger partial charge on any atom is -0.477 e. The molecule has 1 aliphatic carbocycles. The highest BCUT2D eigenvalue weighted by atomic mass is 35.5. The van der Waals surface area contributed by atoms with Gasteiger partial charge in [-0.15, -0.1) is 12.4 Å². The minimum atomic E-state index is -1.42. The van der Waals surface area contributed by atoms with Gasteiger partial charge in [-0.1, -0.05) is 0 Å². The van der Waals surface area contributed by atoms with Crippen LogP contribution in [0.2, 0.25) is 0 Å². The van der Waals surface area contributed by atoms with Crippen molar-refractivity contribution < 1.29 is 23.4 Å². The molecule has 0 radical (unpaired) electrons. The Balaban J connectivity index is 0.00000218. The van der Waals surface area contributed by atoms with Crippen LogP contribution in [0.5, 0.6) is 0 Å². The smallest absolute Gasteiger partial charge is 0.341 e. The van der Waals surface area contributed by atoms with Crippen molar-refractivity contribution in [1.29, 1.82) is 0 Å². The number of aromatic carboxylic acids is 1. The van der Waals surface area contributed by atoms with Gasteiger partial charge in [0, 0.05) is 50.2 Å². The van der Waals surface area contributed by atoms with Crippen molar-refractivity contribution in [1.82, 2.24) is 4.57 Å². The molecule has 3 aliphatic rings. The van der Waals surface area contributed by atoms with Crippen LogP contribution in [0.4, 0.5) is 14.5 Å². The monoisotopic (exact) mass is 441 g/mol. The number of pyridine rings is 1. The second-order valence-electron chi connectivity index (χ2n) is 8.21. The number of aromatic nitrogens is 1. The van der Waals surface area contributed by atoms with Crippen molar-refractivity contribution in [2.45, 2.75) is 30.7 Å². The number of carboxylic acids is 1. The summed E-state index contributed by atoms with van der Waals surface area (Å²) in [7, 11) is 0. The second-order valence-corrected chi connectivity index (χ2v) is 8.21. The number of halogens is 3. The summed E-state index contributed by atoms with van der Waals surface area (Å²) in [6, 6.07) is 2.04. The van der Waals surface area contributed by atoms with E-state index < -0.39 is 40.6 Å². The molecular weight excluding hydrogens is 420 g/mol. The molecule has 0 spiro atoms. The summed E-state index contributed by atoms with van der Waals surface area (Å²) < 4.78 is 36.2. The van der Waals surface area contributed by atoms with Crippen LogP contribution in [0.3, 0.4) is 0 Å². The van der Waals surface area contributed by atoms with E-state index in [-0.39, 0.29) is 35.8 Å². The first-order valence-corrected chi connectivity index (χ1v) is 9.69. The van der Waals surface area contributed by atoms with E-state index in [0.717, 1.165) is 12.5 Å². The number of hydrogen-bond donors (Lipinski definition) is 2. The lowest BCUT2D eigenvalue weighted by Gasteiger charge is -2.27. The summed E-state index contributed by atoms with van der Waals surface area (Å²) in [5, 5.41) is 9.27. The summed E-state index contributed by atoms with van der Waals surface area (Å²) in [5.41, 5.74) is 4.80. The highest BCUT2D eigenvalue weighted by Gasteiger charge is 2.50. The Morgan fingerprint density at radius 2 is 2.13 bits per heavy atom. The first-order chi connectivity index (χ1) is 13.8. The lowest BCUT2D eigenvalue weighted by molar-refractivity contribution is 0.0126. The van der Waals surface area contributed by atoms with E-state index >= 15 is 4.39 Å². The third-order valence-electron chi connectivity index (χ3n) is 6.55. The maximum absolute atomic E-state index is 15.0. The van der Waals surface area contributed by atoms with E-state index in [2.05, 4.69) is 0 Å². The van der Waals surface area contributed by atoms with Gasteiger partial charge in [-0.2, -0.15) is 0 Å². The van der Waals surface area contributed by atoms with E-state index in [1.54, 1.807) is 0 Å². The third-order valence-corrected chi connectivity index (χ3v) is 6.55. The van der Waals surface area contributed by atoms with E-state index in [0.29, 0.717) is 31.8 Å². The predicted octanol–water partition coefficient (Wildman–Crippen LogP) is 2.10. The van der Waals surface area contributed by atoms with Gasteiger partial charge in [0.15, 0.2) is 0 Å². The normalized spacial score (nSPS) is 29.7. The average Bonchev–Trinajstić information content (AvgIpc) is 3.11. The fourth-order valence-electron chi connectivity index (χ4n) is 4.81. The SMILES string of the molecule is Cl.NCC12CN(c3cc4c(cc3F)c(=O)c(C(=O)O)cn4[C@@H]3C[C@@H]3F)CC1CCO2. The van der Waals surface area contributed by atoms with Crippen molar-refractivity contribution in [3.05, 3.63) is 39.9 Å². The molecule has 30 heavy (non-hydrogen) atoms. The topological polar surface area (TPSA) is 97.8 Å². The van der Waals surface area contributed by atoms with Crippen LogP contribution in [-0.4, -0.2) is 53.7 Å². The molecule has 7 nitrogen and oxygen atoms in total. The highest BCUT2D eigenvalue weighted by molar-refractivity contribution is 5.93. The maximum atomic E-state index is 15.0. The molecule has 0 amide bonds. The number of alkyl halides is 1. The molecule has 1 aromatic carbocycles. The zero-order valence-electron chi connectivity index (χ0n) is 16.0. The first-order valence-electron chi connectivity index (χ1n) is 9.69. The fourth-order valence-corrected chi connectivity index (χ4v) is 4.81. The van der Waals surface area contributed by atoms with Gasteiger partial charge >= 0.3 is 5.97 Å². The van der Waals surface area contributed by atoms with Crippen LogP contribution in [0, 0.1) is 11.7 Å². The highest BCUT2D eigenvalue weighted by Crippen LogP contribution is 2.43. The van der Waals surface area contributed by atoms with Crippen LogP contribution in [0.1, 0.15) is 29.2 Å². The van der Waals surface area contributed by atoms with E-state index in [1.807, 2.05) is 4.90 Å². The molecule has 1 saturated carbocycles. The molecular formula is C20H22ClF2N3O4. The van der Waals surface area contributed by atoms with Gasteiger partial charge in [0.1, 0.15) is 23.2 Å². The Morgan fingerprint density at radius 1 is 1.40 bits per heavy atom. The molecule has 2 saturated heterocycles. The number of rotatable bonds is 4. The second kappa shape index (κ2) is 7.18. The molecule has 2 aromatic rings. The summed E-state index contributed by atoms with van der Waals surface area (Å²) in [5.74, 6) is -1.85. The van der Waals surface area contributed by atoms with Crippen molar-refractivity contribution in [3.63, 3.8) is 0 Å². The van der Waals surface area contributed by atoms with E-state index in [1.165, 1.54) is 16.8 Å². The number of carboxylic acid groups (broad SMARTS) is 1. The Morgan fingerprint density at radius 3 is 2.73 bits per heavy atom. The van der Waals surface area contributed by atoms with Crippen molar-refractivity contribution in [2.75, 3.05) is 31.1 Å². The molecule has 3 N–H and O–H groups in total. The number of benzene rings is 1. The van der Waals surface area contributed by atoms with E-state index in [9.17, 15) is 19.1 Å². The van der Waals surface area contributed by atoms with Gasteiger partial charge in [-0.25, -0.2) is 13.6 Å². The van der Waals surface area contributed by atoms with Gasteiger partial charge in [0.2, 0.25) is 5.43 Å². The van der Waals surface area contributed by atoms with Gasteiger partial charge in [-0.05, 0) is 18.6 Å². The molecule has 1 aromatic heterocycles. The molecule has 162 valence electrons. The van der Waals surface area contributed by atoms with Crippen molar-refractivity contribution in [2.24, 2.45) is 11.7 Å². The van der Waals surface area contributed by atoms with Crippen LogP contribution in [0.25, 0.3) is 10.9 Å². The van der Waals surface area contributed by atoms with Gasteiger partial charge in [-0.3, -0.25) is 4.79 Å². The maximum Gasteiger partial charge on any atom is 0.341 e. The minimum absolute atomic E-state index is 0. The number of hydrogen-bond acceptors (Lipinski definition) is 5. The Labute approximate surface area is 176 Å². The lowest BCUT2D eigenvalue weighted by atomic mass is 9.91. The van der Waals surface area contributed by atoms with Crippen LogP contribution >= 0.6 is 12.4 Å². The van der Waals surface area contributed by atoms with Crippen molar-refractivity contribution >= 4 is 35.0 Å². The Bertz CT molecular complexity index is 1090. The van der Waals surface area contributed by atoms with E-state index in [4.69, 9.17) is 10.5 Å². The first kappa shape index (κ1) is 21.0. The van der Waals surface area contributed by atoms with Crippen LogP contribution in [0.15, 0.2) is 23.1 Å². The van der Waals surface area contributed by atoms with Gasteiger partial charge in [0.05, 0.1) is 17.2 Å². The van der Waals surface area contributed by atoms with Gasteiger partial charge in [0.25, 0.3) is 0 Å². The average molecular weight is 442 g/mol. The lowest BCUT2D eigenvalue weighted by Crippen LogP contribution is -2.44. The molecule has 3 fully saturated rings. The molecule has 0 bridgehead atoms. The summed E-state index contributed by atoms with van der Waals surface area (Å²) in [6.45, 7) is 1.98. The summed E-state index contributed by atoms with van der Waals surface area (Å²) in [4.78, 5) is 25.9. The number of ether oxygens (including phenoxy) is 1. The Kier molecular flexibility index (Phi) is 5.03. The predicted molar refractivity (Wildman–Crippen MR) is 109 cm³/mol. The van der Waals surface area contributed by atoms with Crippen LogP contribution in [-0.2, 0) is 4.74 Å². The quantitative estimate of drug-likeness (QED) is 0.754. The zero-order chi connectivity index (χ0) is 20.5. The van der Waals surface area contributed by atoms with Crippen LogP contribution < -0.4 is 16.1 Å². The standard InChI is InChI=1S/C20H21F2N3O4.ClH/c21-13-3-11-15(25(17-4-14(17)22)7-12(18(11)26)19(27)28)5-16(13)24-6-10-1-2-29-20(10,8-23)9-24;/h3,5,7,10,14,17H,1-2,4,6,8-9,23H2,(H,27,28);1H/t10?,14-,17+,20?;/m0./s1. The molecule has 2 aliphatic heterocycles. The number of anilines is 1. The Hall–Kier alpha value is -2.23. The fraction of sp³-hybridized carbons (Fsp3) is 0.500. The number of fused-ring (bicyclic) bond motifs is 2. The van der Waals surface area contributed by atoms with Gasteiger partial charge < -0.3 is 25.0 Å². The largest absolute Gasteiger partial charge is 0.477 e. The molecule has 4 atom stereocenters. The molecule has 3 heterocycles. The third kappa shape index (κ3) is 2.99. The van der Waals surface area contributed by atoms with Crippen molar-refractivity contribution in [3.8, 4) is 0 Å². The number of carbonyl (C=O) groups is 1. The summed E-state index contributed by atoms with van der Waals surface area (Å²) in [6.07, 6.45) is 1.14. The molecule has 2 unspecified atom stereocenters. The summed E-state index contributed by atoms with van der Waals surface area (Å²) >= 11 is 0. The number of nitrogens with two attached hydrogens (primary N) is 1. The molecule has 10 heteroatoms. The molecule has 5 rings (SSSR count).